The van der Waals surface area contributed by atoms with Gasteiger partial charge in [-0.3, -0.25) is 9.78 Å². The van der Waals surface area contributed by atoms with Crippen LogP contribution in [-0.4, -0.2) is 58.9 Å². The van der Waals surface area contributed by atoms with E-state index in [1.807, 2.05) is 24.0 Å². The minimum atomic E-state index is -0.00554. The molecule has 3 rings (SSSR count). The molecule has 3 heterocycles. The first-order valence-electron chi connectivity index (χ1n) is 8.91. The second-order valence-electron chi connectivity index (χ2n) is 6.78. The van der Waals surface area contributed by atoms with Crippen LogP contribution < -0.4 is 5.32 Å². The highest BCUT2D eigenvalue weighted by Crippen LogP contribution is 2.15. The Labute approximate surface area is 143 Å². The predicted molar refractivity (Wildman–Crippen MR) is 91.9 cm³/mol. The number of urea groups is 1. The molecule has 6 heteroatoms. The summed E-state index contributed by atoms with van der Waals surface area (Å²) >= 11 is 0. The van der Waals surface area contributed by atoms with Crippen LogP contribution >= 0.6 is 0 Å². The molecule has 6 nitrogen and oxygen atoms in total. The third-order valence-electron chi connectivity index (χ3n) is 4.85. The molecule has 2 fully saturated rings. The van der Waals surface area contributed by atoms with Crippen LogP contribution in [-0.2, 0) is 0 Å². The van der Waals surface area contributed by atoms with Crippen LogP contribution in [0.2, 0.25) is 0 Å². The first kappa shape index (κ1) is 16.7. The Morgan fingerprint density at radius 2 is 1.83 bits per heavy atom. The summed E-state index contributed by atoms with van der Waals surface area (Å²) in [5.74, 6) is -0.00554. The minimum Gasteiger partial charge on any atom is -0.336 e. The van der Waals surface area contributed by atoms with Gasteiger partial charge in [0.1, 0.15) is 0 Å². The number of hydrogen-bond donors (Lipinski definition) is 1. The molecular weight excluding hydrogens is 304 g/mol. The number of aryl methyl sites for hydroxylation is 1. The lowest BCUT2D eigenvalue weighted by Gasteiger charge is -2.23. The normalized spacial score (nSPS) is 21.5. The van der Waals surface area contributed by atoms with E-state index in [4.69, 9.17) is 0 Å². The van der Waals surface area contributed by atoms with Gasteiger partial charge < -0.3 is 15.1 Å². The number of nitrogens with zero attached hydrogens (tertiary/aromatic N) is 3. The fourth-order valence-corrected chi connectivity index (χ4v) is 3.38. The van der Waals surface area contributed by atoms with Crippen molar-refractivity contribution in [2.45, 2.75) is 45.1 Å². The van der Waals surface area contributed by atoms with Crippen LogP contribution in [0.3, 0.4) is 0 Å². The fourth-order valence-electron chi connectivity index (χ4n) is 3.38. The average Bonchev–Trinajstić information content (AvgIpc) is 2.87. The molecule has 1 aromatic rings. The maximum Gasteiger partial charge on any atom is 0.317 e. The Morgan fingerprint density at radius 3 is 2.50 bits per heavy atom. The third-order valence-corrected chi connectivity index (χ3v) is 4.85. The molecule has 3 amide bonds. The first-order valence-corrected chi connectivity index (χ1v) is 8.91. The topological polar surface area (TPSA) is 65.5 Å². The van der Waals surface area contributed by atoms with Gasteiger partial charge in [0.2, 0.25) is 0 Å². The van der Waals surface area contributed by atoms with Gasteiger partial charge in [0.15, 0.2) is 0 Å². The lowest BCUT2D eigenvalue weighted by molar-refractivity contribution is 0.0788. The monoisotopic (exact) mass is 330 g/mol. The van der Waals surface area contributed by atoms with Crippen molar-refractivity contribution in [1.29, 1.82) is 0 Å². The molecule has 2 aliphatic rings. The highest BCUT2D eigenvalue weighted by Gasteiger charge is 2.29. The Balaban J connectivity index is 1.52. The molecular formula is C18H26N4O2. The van der Waals surface area contributed by atoms with E-state index in [0.29, 0.717) is 18.7 Å². The molecule has 0 bridgehead atoms. The van der Waals surface area contributed by atoms with Crippen LogP contribution in [0.4, 0.5) is 4.79 Å². The van der Waals surface area contributed by atoms with Crippen molar-refractivity contribution < 1.29 is 9.59 Å². The van der Waals surface area contributed by atoms with Crippen LogP contribution in [0.25, 0.3) is 0 Å². The maximum absolute atomic E-state index is 12.5. The Hall–Kier alpha value is -2.11. The Bertz CT molecular complexity index is 579. The van der Waals surface area contributed by atoms with Gasteiger partial charge >= 0.3 is 6.03 Å². The average molecular weight is 330 g/mol. The highest BCUT2D eigenvalue weighted by atomic mass is 16.2. The van der Waals surface area contributed by atoms with E-state index in [2.05, 4.69) is 10.3 Å². The molecule has 0 aliphatic carbocycles. The number of carbonyl (C=O) groups excluding carboxylic acids is 2. The van der Waals surface area contributed by atoms with Gasteiger partial charge in [-0.25, -0.2) is 4.79 Å². The lowest BCUT2D eigenvalue weighted by Crippen LogP contribution is -2.46. The quantitative estimate of drug-likeness (QED) is 0.904. The summed E-state index contributed by atoms with van der Waals surface area (Å²) < 4.78 is 0. The van der Waals surface area contributed by atoms with Crippen molar-refractivity contribution in [2.24, 2.45) is 0 Å². The van der Waals surface area contributed by atoms with Crippen molar-refractivity contribution in [3.63, 3.8) is 0 Å². The van der Waals surface area contributed by atoms with E-state index in [9.17, 15) is 9.59 Å². The number of amides is 3. The van der Waals surface area contributed by atoms with Crippen molar-refractivity contribution in [1.82, 2.24) is 20.1 Å². The van der Waals surface area contributed by atoms with Crippen molar-refractivity contribution >= 4 is 11.9 Å². The third kappa shape index (κ3) is 4.04. The van der Waals surface area contributed by atoms with E-state index < -0.39 is 0 Å². The van der Waals surface area contributed by atoms with Gasteiger partial charge in [0, 0.05) is 44.1 Å². The summed E-state index contributed by atoms with van der Waals surface area (Å²) in [4.78, 5) is 32.8. The van der Waals surface area contributed by atoms with Gasteiger partial charge in [-0.05, 0) is 38.3 Å². The molecule has 130 valence electrons. The molecule has 24 heavy (non-hydrogen) atoms. The standard InChI is InChI=1S/C18H26N4O2/c1-14-6-7-15(12-19-14)17(23)22-11-8-16(13-22)20-18(24)21-9-4-2-3-5-10-21/h6-7,12,16H,2-5,8-11,13H2,1H3,(H,20,24)/t16-/m1/s1. The van der Waals surface area contributed by atoms with Crippen LogP contribution in [0.15, 0.2) is 18.3 Å². The van der Waals surface area contributed by atoms with Crippen LogP contribution in [0.1, 0.15) is 48.2 Å². The summed E-state index contributed by atoms with van der Waals surface area (Å²) in [5, 5.41) is 3.10. The summed E-state index contributed by atoms with van der Waals surface area (Å²) in [6, 6.07) is 3.73. The second kappa shape index (κ2) is 7.64. The maximum atomic E-state index is 12.5. The molecule has 1 N–H and O–H groups in total. The van der Waals surface area contributed by atoms with Crippen molar-refractivity contribution in [2.75, 3.05) is 26.2 Å². The van der Waals surface area contributed by atoms with Crippen LogP contribution in [0.5, 0.6) is 0 Å². The molecule has 0 unspecified atom stereocenters. The van der Waals surface area contributed by atoms with E-state index in [1.54, 1.807) is 11.1 Å². The molecule has 1 atom stereocenters. The van der Waals surface area contributed by atoms with Gasteiger partial charge in [0.25, 0.3) is 5.91 Å². The molecule has 2 saturated heterocycles. The van der Waals surface area contributed by atoms with Gasteiger partial charge in [0.05, 0.1) is 5.56 Å². The van der Waals surface area contributed by atoms with Gasteiger partial charge in [-0.2, -0.15) is 0 Å². The molecule has 0 saturated carbocycles. The van der Waals surface area contributed by atoms with Crippen molar-refractivity contribution in [3.05, 3.63) is 29.6 Å². The number of likely N-dealkylation sites (tertiary alicyclic amines) is 2. The van der Waals surface area contributed by atoms with Gasteiger partial charge in [-0.15, -0.1) is 0 Å². The molecule has 0 radical (unpaired) electrons. The molecule has 1 aromatic heterocycles. The zero-order valence-electron chi connectivity index (χ0n) is 14.3. The summed E-state index contributed by atoms with van der Waals surface area (Å²) in [6.45, 7) is 4.84. The minimum absolute atomic E-state index is 0.00554. The van der Waals surface area contributed by atoms with Crippen LogP contribution in [0, 0.1) is 6.92 Å². The fraction of sp³-hybridized carbons (Fsp3) is 0.611. The summed E-state index contributed by atoms with van der Waals surface area (Å²) in [7, 11) is 0. The van der Waals surface area contributed by atoms with Crippen molar-refractivity contribution in [3.8, 4) is 0 Å². The van der Waals surface area contributed by atoms with E-state index >= 15 is 0 Å². The summed E-state index contributed by atoms with van der Waals surface area (Å²) in [5.41, 5.74) is 1.51. The molecule has 2 aliphatic heterocycles. The predicted octanol–water partition coefficient (Wildman–Crippen LogP) is 2.19. The largest absolute Gasteiger partial charge is 0.336 e. The first-order chi connectivity index (χ1) is 11.6. The van der Waals surface area contributed by atoms with E-state index in [0.717, 1.165) is 38.0 Å². The lowest BCUT2D eigenvalue weighted by atomic mass is 10.2. The number of carbonyl (C=O) groups is 2. The second-order valence-corrected chi connectivity index (χ2v) is 6.78. The Morgan fingerprint density at radius 1 is 1.08 bits per heavy atom. The molecule has 0 aromatic carbocycles. The molecule has 0 spiro atoms. The zero-order valence-corrected chi connectivity index (χ0v) is 14.3. The van der Waals surface area contributed by atoms with E-state index in [-0.39, 0.29) is 18.0 Å². The number of hydrogen-bond acceptors (Lipinski definition) is 3. The number of pyridine rings is 1. The smallest absolute Gasteiger partial charge is 0.317 e. The highest BCUT2D eigenvalue weighted by molar-refractivity contribution is 5.94. The Kier molecular flexibility index (Phi) is 5.33. The van der Waals surface area contributed by atoms with Gasteiger partial charge in [-0.1, -0.05) is 12.8 Å². The zero-order chi connectivity index (χ0) is 16.9. The number of rotatable bonds is 2. The number of nitrogens with one attached hydrogen (secondary N) is 1. The van der Waals surface area contributed by atoms with E-state index in [1.165, 1.54) is 12.8 Å². The summed E-state index contributed by atoms with van der Waals surface area (Å²) in [6.07, 6.45) is 7.03. The number of aromatic nitrogens is 1. The SMILES string of the molecule is Cc1ccc(C(=O)N2CC[C@@H](NC(=O)N3CCCCCC3)C2)cn1.